The van der Waals surface area contributed by atoms with Crippen LogP contribution in [0.25, 0.3) is 10.4 Å². The number of azide groups is 1. The van der Waals surface area contributed by atoms with Gasteiger partial charge in [0.2, 0.25) is 0 Å². The van der Waals surface area contributed by atoms with Crippen LogP contribution in [-0.4, -0.2) is 34.8 Å². The highest BCUT2D eigenvalue weighted by atomic mass is 19.4. The Balaban J connectivity index is 2.77. The SMILES string of the molecule is [N-]=[N+]=NCCC(O)C(O)c1ccc(C(=O)C(F)(F)F)cc1. The third-order valence-electron chi connectivity index (χ3n) is 2.72. The van der Waals surface area contributed by atoms with Crippen LogP contribution in [0.3, 0.4) is 0 Å². The topological polar surface area (TPSA) is 106 Å². The van der Waals surface area contributed by atoms with E-state index >= 15 is 0 Å². The number of aliphatic hydroxyl groups excluding tert-OH is 2. The van der Waals surface area contributed by atoms with Gasteiger partial charge in [-0.25, -0.2) is 0 Å². The highest BCUT2D eigenvalue weighted by Crippen LogP contribution is 2.24. The number of carbonyl (C=O) groups excluding carboxylic acids is 1. The normalized spacial score (nSPS) is 14.1. The number of benzene rings is 1. The van der Waals surface area contributed by atoms with Crippen LogP contribution in [0.4, 0.5) is 13.2 Å². The van der Waals surface area contributed by atoms with Crippen LogP contribution in [0.15, 0.2) is 29.4 Å². The molecule has 9 heteroatoms. The third kappa shape index (κ3) is 4.75. The maximum atomic E-state index is 12.2. The van der Waals surface area contributed by atoms with E-state index in [1.165, 1.54) is 0 Å². The number of Topliss-reactive ketones (excluding diaryl/α,β-unsaturated/α-hetero) is 1. The van der Waals surface area contributed by atoms with Crippen LogP contribution in [0, 0.1) is 0 Å². The molecule has 6 nitrogen and oxygen atoms in total. The number of alkyl halides is 3. The zero-order valence-corrected chi connectivity index (χ0v) is 10.7. The average Bonchev–Trinajstić information content (AvgIpc) is 2.45. The summed E-state index contributed by atoms with van der Waals surface area (Å²) in [6.45, 7) is -0.0284. The van der Waals surface area contributed by atoms with Gasteiger partial charge in [-0.2, -0.15) is 13.2 Å². The van der Waals surface area contributed by atoms with Crippen molar-refractivity contribution >= 4 is 5.78 Å². The zero-order valence-electron chi connectivity index (χ0n) is 10.7. The number of carbonyl (C=O) groups is 1. The molecule has 0 radical (unpaired) electrons. The minimum Gasteiger partial charge on any atom is -0.390 e. The second kappa shape index (κ2) is 7.07. The molecule has 0 aliphatic rings. The van der Waals surface area contributed by atoms with Crippen molar-refractivity contribution in [3.05, 3.63) is 45.8 Å². The lowest BCUT2D eigenvalue weighted by atomic mass is 10.00. The average molecular weight is 303 g/mol. The first-order chi connectivity index (χ1) is 9.77. The summed E-state index contributed by atoms with van der Waals surface area (Å²) in [7, 11) is 0. The minimum absolute atomic E-state index is 0.00550. The highest BCUT2D eigenvalue weighted by Gasteiger charge is 2.39. The van der Waals surface area contributed by atoms with Gasteiger partial charge in [-0.05, 0) is 17.5 Å². The molecule has 0 spiro atoms. The fourth-order valence-electron chi connectivity index (χ4n) is 1.61. The Kier molecular flexibility index (Phi) is 5.71. The van der Waals surface area contributed by atoms with Crippen molar-refractivity contribution in [1.82, 2.24) is 0 Å². The van der Waals surface area contributed by atoms with Gasteiger partial charge in [-0.15, -0.1) is 0 Å². The summed E-state index contributed by atoms with van der Waals surface area (Å²) < 4.78 is 36.6. The molecule has 0 heterocycles. The van der Waals surface area contributed by atoms with Gasteiger partial charge >= 0.3 is 6.18 Å². The maximum absolute atomic E-state index is 12.2. The summed E-state index contributed by atoms with van der Waals surface area (Å²) in [5.41, 5.74) is 7.67. The van der Waals surface area contributed by atoms with Crippen LogP contribution < -0.4 is 0 Å². The number of hydrogen-bond acceptors (Lipinski definition) is 4. The second-order valence-corrected chi connectivity index (χ2v) is 4.20. The van der Waals surface area contributed by atoms with Crippen molar-refractivity contribution in [2.24, 2.45) is 5.11 Å². The molecule has 1 aromatic carbocycles. The zero-order chi connectivity index (χ0) is 16.0. The van der Waals surface area contributed by atoms with Crippen molar-refractivity contribution in [1.29, 1.82) is 0 Å². The highest BCUT2D eigenvalue weighted by molar-refractivity contribution is 6.00. The largest absolute Gasteiger partial charge is 0.454 e. The van der Waals surface area contributed by atoms with Gasteiger partial charge in [0.25, 0.3) is 5.78 Å². The van der Waals surface area contributed by atoms with Crippen molar-refractivity contribution in [2.75, 3.05) is 6.54 Å². The molecule has 114 valence electrons. The van der Waals surface area contributed by atoms with E-state index in [1.54, 1.807) is 0 Å². The number of ketones is 1. The van der Waals surface area contributed by atoms with Crippen molar-refractivity contribution in [3.63, 3.8) is 0 Å². The first-order valence-corrected chi connectivity index (χ1v) is 5.86. The van der Waals surface area contributed by atoms with Crippen LogP contribution in [0.2, 0.25) is 0 Å². The smallest absolute Gasteiger partial charge is 0.390 e. The van der Waals surface area contributed by atoms with Gasteiger partial charge in [-0.1, -0.05) is 29.4 Å². The summed E-state index contributed by atoms with van der Waals surface area (Å²) in [5, 5.41) is 22.6. The lowest BCUT2D eigenvalue weighted by molar-refractivity contribution is -0.0885. The number of aliphatic hydroxyl groups is 2. The first-order valence-electron chi connectivity index (χ1n) is 5.86. The van der Waals surface area contributed by atoms with E-state index < -0.39 is 29.7 Å². The van der Waals surface area contributed by atoms with E-state index in [4.69, 9.17) is 5.53 Å². The molecule has 1 rings (SSSR count). The molecule has 2 N–H and O–H groups in total. The van der Waals surface area contributed by atoms with E-state index in [-0.39, 0.29) is 18.5 Å². The molecule has 1 aromatic rings. The summed E-state index contributed by atoms with van der Waals surface area (Å²) >= 11 is 0. The summed E-state index contributed by atoms with van der Waals surface area (Å²) in [5.74, 6) is -1.98. The standard InChI is InChI=1S/C12H12F3N3O3/c13-12(14,15)11(21)8-3-1-7(2-4-8)10(20)9(19)5-6-17-18-16/h1-4,9-10,19-20H,5-6H2. The molecule has 2 unspecified atom stereocenters. The van der Waals surface area contributed by atoms with Crippen LogP contribution in [0.5, 0.6) is 0 Å². The van der Waals surface area contributed by atoms with Gasteiger partial charge in [-0.3, -0.25) is 4.79 Å². The number of hydrogen-bond donors (Lipinski definition) is 2. The molecule has 0 aliphatic heterocycles. The molecule has 0 saturated carbocycles. The molecular formula is C12H12F3N3O3. The van der Waals surface area contributed by atoms with Crippen molar-refractivity contribution in [2.45, 2.75) is 24.8 Å². The molecule has 2 atom stereocenters. The Morgan fingerprint density at radius 1 is 1.29 bits per heavy atom. The van der Waals surface area contributed by atoms with Gasteiger partial charge in [0, 0.05) is 17.0 Å². The Labute approximate surface area is 117 Å². The van der Waals surface area contributed by atoms with E-state index in [9.17, 15) is 28.2 Å². The Hall–Kier alpha value is -2.09. The molecule has 0 aromatic heterocycles. The molecule has 21 heavy (non-hydrogen) atoms. The van der Waals surface area contributed by atoms with Gasteiger partial charge < -0.3 is 10.2 Å². The Morgan fingerprint density at radius 3 is 2.33 bits per heavy atom. The second-order valence-electron chi connectivity index (χ2n) is 4.20. The Bertz CT molecular complexity index is 539. The van der Waals surface area contributed by atoms with Crippen molar-refractivity contribution < 1.29 is 28.2 Å². The fraction of sp³-hybridized carbons (Fsp3) is 0.417. The summed E-state index contributed by atoms with van der Waals surface area (Å²) in [6, 6.07) is 4.10. The number of nitrogens with zero attached hydrogens (tertiary/aromatic N) is 3. The van der Waals surface area contributed by atoms with Crippen molar-refractivity contribution in [3.8, 4) is 0 Å². The predicted molar refractivity (Wildman–Crippen MR) is 66.4 cm³/mol. The third-order valence-corrected chi connectivity index (χ3v) is 2.72. The van der Waals surface area contributed by atoms with Crippen LogP contribution >= 0.6 is 0 Å². The molecular weight excluding hydrogens is 291 g/mol. The molecule has 0 bridgehead atoms. The predicted octanol–water partition coefficient (Wildman–Crippen LogP) is 2.53. The lowest BCUT2D eigenvalue weighted by Gasteiger charge is -2.17. The van der Waals surface area contributed by atoms with Crippen LogP contribution in [-0.2, 0) is 0 Å². The summed E-state index contributed by atoms with van der Waals surface area (Å²) in [6.07, 6.45) is -7.56. The minimum atomic E-state index is -4.96. The Morgan fingerprint density at radius 2 is 1.86 bits per heavy atom. The monoisotopic (exact) mass is 303 g/mol. The van der Waals surface area contributed by atoms with E-state index in [0.29, 0.717) is 0 Å². The fourth-order valence-corrected chi connectivity index (χ4v) is 1.61. The van der Waals surface area contributed by atoms with E-state index in [2.05, 4.69) is 10.0 Å². The number of rotatable bonds is 6. The quantitative estimate of drug-likeness (QED) is 0.365. The van der Waals surface area contributed by atoms with Gasteiger partial charge in [0.1, 0.15) is 6.10 Å². The maximum Gasteiger partial charge on any atom is 0.454 e. The van der Waals surface area contributed by atoms with E-state index in [0.717, 1.165) is 24.3 Å². The van der Waals surface area contributed by atoms with Gasteiger partial charge in [0.15, 0.2) is 0 Å². The molecule has 0 amide bonds. The van der Waals surface area contributed by atoms with Crippen LogP contribution in [0.1, 0.15) is 28.4 Å². The molecule has 0 saturated heterocycles. The molecule has 0 fully saturated rings. The summed E-state index contributed by atoms with van der Waals surface area (Å²) in [4.78, 5) is 13.5. The first kappa shape index (κ1) is 17.0. The van der Waals surface area contributed by atoms with Gasteiger partial charge in [0.05, 0.1) is 6.10 Å². The molecule has 0 aliphatic carbocycles. The van der Waals surface area contributed by atoms with E-state index in [1.807, 2.05) is 0 Å². The lowest BCUT2D eigenvalue weighted by Crippen LogP contribution is -2.23. The number of halogens is 3.